The molecule has 1 saturated heterocycles. The number of carboxylic acids is 1. The Morgan fingerprint density at radius 3 is 2.89 bits per heavy atom. The maximum absolute atomic E-state index is 14.2. The summed E-state index contributed by atoms with van der Waals surface area (Å²) in [5, 5.41) is 8.92. The van der Waals surface area contributed by atoms with Gasteiger partial charge in [0.2, 0.25) is 0 Å². The van der Waals surface area contributed by atoms with Gasteiger partial charge in [-0.15, -0.1) is 0 Å². The van der Waals surface area contributed by atoms with E-state index in [1.165, 1.54) is 6.07 Å². The minimum Gasteiger partial charge on any atom is -0.478 e. The van der Waals surface area contributed by atoms with Crippen LogP contribution < -0.4 is 4.90 Å². The van der Waals surface area contributed by atoms with Crippen LogP contribution in [0.15, 0.2) is 16.6 Å². The second kappa shape index (κ2) is 5.26. The Hall–Kier alpha value is -1.10. The van der Waals surface area contributed by atoms with E-state index < -0.39 is 11.8 Å². The van der Waals surface area contributed by atoms with Crippen LogP contribution in [0.3, 0.4) is 0 Å². The van der Waals surface area contributed by atoms with Gasteiger partial charge in [-0.1, -0.05) is 6.92 Å². The fourth-order valence-electron chi connectivity index (χ4n) is 2.36. The van der Waals surface area contributed by atoms with Gasteiger partial charge in [0.05, 0.1) is 15.7 Å². The van der Waals surface area contributed by atoms with Gasteiger partial charge in [-0.3, -0.25) is 0 Å². The van der Waals surface area contributed by atoms with Crippen LogP contribution in [0.1, 0.15) is 30.1 Å². The van der Waals surface area contributed by atoms with Crippen molar-refractivity contribution >= 4 is 27.6 Å². The zero-order valence-electron chi connectivity index (χ0n) is 10.1. The second-order valence-electron chi connectivity index (χ2n) is 4.76. The molecule has 0 saturated carbocycles. The number of piperidine rings is 1. The summed E-state index contributed by atoms with van der Waals surface area (Å²) in [5.41, 5.74) is 0.444. The standard InChI is InChI=1S/C13H15BrFNO2/c1-8-3-2-6-16(7-8)10-5-4-9(13(17)18)11(14)12(10)15/h4-5,8H,2-3,6-7H2,1H3,(H,17,18). The lowest BCUT2D eigenvalue weighted by molar-refractivity contribution is 0.0695. The fourth-order valence-corrected chi connectivity index (χ4v) is 2.86. The Bertz CT molecular complexity index is 478. The molecule has 1 aromatic rings. The Labute approximate surface area is 114 Å². The Morgan fingerprint density at radius 2 is 2.28 bits per heavy atom. The molecule has 1 fully saturated rings. The van der Waals surface area contributed by atoms with Crippen molar-refractivity contribution in [2.75, 3.05) is 18.0 Å². The first kappa shape index (κ1) is 13.3. The average Bonchev–Trinajstić information content (AvgIpc) is 2.32. The van der Waals surface area contributed by atoms with Crippen LogP contribution >= 0.6 is 15.9 Å². The smallest absolute Gasteiger partial charge is 0.336 e. The van der Waals surface area contributed by atoms with E-state index in [2.05, 4.69) is 22.9 Å². The topological polar surface area (TPSA) is 40.5 Å². The molecule has 1 heterocycles. The minimum atomic E-state index is -1.13. The lowest BCUT2D eigenvalue weighted by Crippen LogP contribution is -2.34. The van der Waals surface area contributed by atoms with Crippen molar-refractivity contribution in [2.45, 2.75) is 19.8 Å². The van der Waals surface area contributed by atoms with Gasteiger partial charge in [0.25, 0.3) is 0 Å². The molecule has 18 heavy (non-hydrogen) atoms. The maximum atomic E-state index is 14.2. The first-order valence-electron chi connectivity index (χ1n) is 5.97. The number of carboxylic acid groups (broad SMARTS) is 1. The highest BCUT2D eigenvalue weighted by atomic mass is 79.9. The second-order valence-corrected chi connectivity index (χ2v) is 5.55. The van der Waals surface area contributed by atoms with Crippen molar-refractivity contribution in [1.29, 1.82) is 0 Å². The van der Waals surface area contributed by atoms with E-state index in [0.29, 0.717) is 11.6 Å². The van der Waals surface area contributed by atoms with Crippen molar-refractivity contribution in [1.82, 2.24) is 0 Å². The van der Waals surface area contributed by atoms with Crippen LogP contribution in [0.5, 0.6) is 0 Å². The molecule has 2 rings (SSSR count). The van der Waals surface area contributed by atoms with Gasteiger partial charge in [-0.25, -0.2) is 9.18 Å². The quantitative estimate of drug-likeness (QED) is 0.907. The lowest BCUT2D eigenvalue weighted by Gasteiger charge is -2.33. The third kappa shape index (κ3) is 2.51. The molecule has 0 bridgehead atoms. The lowest BCUT2D eigenvalue weighted by atomic mass is 9.99. The number of carbonyl (C=O) groups is 1. The number of aromatic carboxylic acids is 1. The maximum Gasteiger partial charge on any atom is 0.336 e. The molecule has 3 nitrogen and oxygen atoms in total. The van der Waals surface area contributed by atoms with E-state index in [9.17, 15) is 9.18 Å². The van der Waals surface area contributed by atoms with Crippen LogP contribution in [0.2, 0.25) is 0 Å². The van der Waals surface area contributed by atoms with E-state index in [4.69, 9.17) is 5.11 Å². The SMILES string of the molecule is CC1CCCN(c2ccc(C(=O)O)c(Br)c2F)C1. The highest BCUT2D eigenvalue weighted by Gasteiger charge is 2.22. The van der Waals surface area contributed by atoms with E-state index in [0.717, 1.165) is 25.9 Å². The van der Waals surface area contributed by atoms with Gasteiger partial charge in [0, 0.05) is 13.1 Å². The van der Waals surface area contributed by atoms with Gasteiger partial charge >= 0.3 is 5.97 Å². The summed E-state index contributed by atoms with van der Waals surface area (Å²) in [6, 6.07) is 3.01. The van der Waals surface area contributed by atoms with Gasteiger partial charge < -0.3 is 10.0 Å². The minimum absolute atomic E-state index is 0.0331. The van der Waals surface area contributed by atoms with Crippen molar-refractivity contribution in [3.05, 3.63) is 28.0 Å². The van der Waals surface area contributed by atoms with Crippen LogP contribution in [0.25, 0.3) is 0 Å². The average molecular weight is 316 g/mol. The Morgan fingerprint density at radius 1 is 1.56 bits per heavy atom. The summed E-state index contributed by atoms with van der Waals surface area (Å²) in [4.78, 5) is 12.9. The molecule has 1 atom stereocenters. The van der Waals surface area contributed by atoms with Crippen LogP contribution in [0.4, 0.5) is 10.1 Å². The normalized spacial score (nSPS) is 19.9. The molecule has 0 aliphatic carbocycles. The fraction of sp³-hybridized carbons (Fsp3) is 0.462. The molecule has 98 valence electrons. The number of halogens is 2. The summed E-state index contributed by atoms with van der Waals surface area (Å²) in [5.74, 6) is -1.07. The van der Waals surface area contributed by atoms with Gasteiger partial charge in [-0.05, 0) is 46.8 Å². The third-order valence-electron chi connectivity index (χ3n) is 3.29. The summed E-state index contributed by atoms with van der Waals surface area (Å²) in [6.07, 6.45) is 2.20. The molecule has 0 spiro atoms. The molecular weight excluding hydrogens is 301 g/mol. The first-order valence-corrected chi connectivity index (χ1v) is 6.76. The molecule has 1 aromatic carbocycles. The van der Waals surface area contributed by atoms with Gasteiger partial charge in [0.15, 0.2) is 5.82 Å². The zero-order valence-corrected chi connectivity index (χ0v) is 11.7. The third-order valence-corrected chi connectivity index (χ3v) is 4.07. The Balaban J connectivity index is 2.34. The van der Waals surface area contributed by atoms with Crippen molar-refractivity contribution in [2.24, 2.45) is 5.92 Å². The van der Waals surface area contributed by atoms with Crippen LogP contribution in [-0.4, -0.2) is 24.2 Å². The van der Waals surface area contributed by atoms with E-state index >= 15 is 0 Å². The van der Waals surface area contributed by atoms with Crippen LogP contribution in [-0.2, 0) is 0 Å². The van der Waals surface area contributed by atoms with E-state index in [-0.39, 0.29) is 10.0 Å². The summed E-state index contributed by atoms with van der Waals surface area (Å²) < 4.78 is 14.2. The largest absolute Gasteiger partial charge is 0.478 e. The monoisotopic (exact) mass is 315 g/mol. The molecule has 0 radical (unpaired) electrons. The van der Waals surface area contributed by atoms with Gasteiger partial charge in [-0.2, -0.15) is 0 Å². The predicted molar refractivity (Wildman–Crippen MR) is 71.7 cm³/mol. The number of hydrogen-bond donors (Lipinski definition) is 1. The highest BCUT2D eigenvalue weighted by Crippen LogP contribution is 2.31. The summed E-state index contributed by atoms with van der Waals surface area (Å²) >= 11 is 3.03. The molecule has 0 aromatic heterocycles. The Kier molecular flexibility index (Phi) is 3.90. The van der Waals surface area contributed by atoms with E-state index in [1.807, 2.05) is 4.90 Å². The molecule has 1 aliphatic heterocycles. The van der Waals surface area contributed by atoms with Crippen molar-refractivity contribution < 1.29 is 14.3 Å². The van der Waals surface area contributed by atoms with Crippen molar-refractivity contribution in [3.63, 3.8) is 0 Å². The van der Waals surface area contributed by atoms with Crippen LogP contribution in [0, 0.1) is 11.7 Å². The summed E-state index contributed by atoms with van der Waals surface area (Å²) in [7, 11) is 0. The molecule has 1 N–H and O–H groups in total. The zero-order chi connectivity index (χ0) is 13.3. The number of nitrogens with zero attached hydrogens (tertiary/aromatic N) is 1. The molecule has 5 heteroatoms. The number of anilines is 1. The molecular formula is C13H15BrFNO2. The predicted octanol–water partition coefficient (Wildman–Crippen LogP) is 3.52. The number of benzene rings is 1. The first-order chi connectivity index (χ1) is 8.50. The van der Waals surface area contributed by atoms with E-state index in [1.54, 1.807) is 6.07 Å². The number of hydrogen-bond acceptors (Lipinski definition) is 2. The molecule has 0 amide bonds. The molecule has 1 aliphatic rings. The number of rotatable bonds is 2. The highest BCUT2D eigenvalue weighted by molar-refractivity contribution is 9.10. The summed E-state index contributed by atoms with van der Waals surface area (Å²) in [6.45, 7) is 3.78. The van der Waals surface area contributed by atoms with Crippen molar-refractivity contribution in [3.8, 4) is 0 Å². The molecule has 1 unspecified atom stereocenters. The van der Waals surface area contributed by atoms with Gasteiger partial charge in [0.1, 0.15) is 0 Å².